The molecule has 1 saturated carbocycles. The summed E-state index contributed by atoms with van der Waals surface area (Å²) < 4.78 is 0. The fraction of sp³-hybridized carbons (Fsp3) is 0.500. The number of nitrogens with two attached hydrogens (primary N) is 1. The van der Waals surface area contributed by atoms with Crippen molar-refractivity contribution in [1.82, 2.24) is 4.98 Å². The van der Waals surface area contributed by atoms with Crippen molar-refractivity contribution in [2.24, 2.45) is 11.7 Å². The highest BCUT2D eigenvalue weighted by atomic mass is 15.2. The molecule has 0 aromatic carbocycles. The number of rotatable bonds is 4. The molecule has 0 spiro atoms. The van der Waals surface area contributed by atoms with E-state index in [2.05, 4.69) is 16.0 Å². The zero-order valence-corrected chi connectivity index (χ0v) is 9.43. The summed E-state index contributed by atoms with van der Waals surface area (Å²) in [4.78, 5) is 6.38. The predicted molar refractivity (Wildman–Crippen MR) is 62.9 cm³/mol. The van der Waals surface area contributed by atoms with Gasteiger partial charge < -0.3 is 10.6 Å². The Balaban J connectivity index is 2.18. The van der Waals surface area contributed by atoms with Gasteiger partial charge in [-0.15, -0.1) is 0 Å². The summed E-state index contributed by atoms with van der Waals surface area (Å²) >= 11 is 0. The SMILES string of the molecule is CN(c1cc(C#N)ccn1)C(CN)C1CC1. The Kier molecular flexibility index (Phi) is 3.07. The number of pyridine rings is 1. The Bertz CT molecular complexity index is 406. The highest BCUT2D eigenvalue weighted by Crippen LogP contribution is 2.35. The summed E-state index contributed by atoms with van der Waals surface area (Å²) in [7, 11) is 2.00. The van der Waals surface area contributed by atoms with E-state index in [1.807, 2.05) is 13.1 Å². The minimum Gasteiger partial charge on any atom is -0.355 e. The summed E-state index contributed by atoms with van der Waals surface area (Å²) in [5.41, 5.74) is 6.43. The van der Waals surface area contributed by atoms with Crippen LogP contribution in [0.25, 0.3) is 0 Å². The molecule has 4 heteroatoms. The van der Waals surface area contributed by atoms with E-state index in [0.29, 0.717) is 24.1 Å². The van der Waals surface area contributed by atoms with Crippen molar-refractivity contribution in [2.75, 3.05) is 18.5 Å². The van der Waals surface area contributed by atoms with Crippen LogP contribution in [-0.2, 0) is 0 Å². The van der Waals surface area contributed by atoms with E-state index in [9.17, 15) is 0 Å². The van der Waals surface area contributed by atoms with Gasteiger partial charge in [0.2, 0.25) is 0 Å². The molecule has 0 saturated heterocycles. The summed E-state index contributed by atoms with van der Waals surface area (Å²) in [5.74, 6) is 1.53. The van der Waals surface area contributed by atoms with Crippen molar-refractivity contribution in [3.05, 3.63) is 23.9 Å². The number of likely N-dealkylation sites (N-methyl/N-ethyl adjacent to an activating group) is 1. The van der Waals surface area contributed by atoms with Crippen molar-refractivity contribution in [1.29, 1.82) is 5.26 Å². The lowest BCUT2D eigenvalue weighted by Gasteiger charge is -2.28. The van der Waals surface area contributed by atoms with Gasteiger partial charge in [0.05, 0.1) is 11.6 Å². The van der Waals surface area contributed by atoms with Gasteiger partial charge in [-0.3, -0.25) is 0 Å². The Morgan fingerprint density at radius 2 is 2.44 bits per heavy atom. The fourth-order valence-electron chi connectivity index (χ4n) is 2.00. The average molecular weight is 216 g/mol. The molecule has 4 nitrogen and oxygen atoms in total. The Morgan fingerprint density at radius 3 is 3.00 bits per heavy atom. The van der Waals surface area contributed by atoms with Crippen LogP contribution in [0, 0.1) is 17.2 Å². The quantitative estimate of drug-likeness (QED) is 0.819. The third kappa shape index (κ3) is 2.15. The number of hydrogen-bond donors (Lipinski definition) is 1. The molecule has 1 aliphatic rings. The lowest BCUT2D eigenvalue weighted by molar-refractivity contribution is 0.566. The first-order valence-corrected chi connectivity index (χ1v) is 5.55. The van der Waals surface area contributed by atoms with Gasteiger partial charge in [0, 0.05) is 25.8 Å². The standard InChI is InChI=1S/C12H16N4/c1-16(11(8-14)10-2-3-10)12-6-9(7-13)4-5-15-12/h4-6,10-11H,2-3,8,14H2,1H3. The fourth-order valence-corrected chi connectivity index (χ4v) is 2.00. The molecular weight excluding hydrogens is 200 g/mol. The maximum absolute atomic E-state index is 8.84. The molecule has 1 heterocycles. The largest absolute Gasteiger partial charge is 0.355 e. The third-order valence-electron chi connectivity index (χ3n) is 3.14. The first-order valence-electron chi connectivity index (χ1n) is 5.55. The Labute approximate surface area is 95.7 Å². The van der Waals surface area contributed by atoms with Crippen molar-refractivity contribution in [3.63, 3.8) is 0 Å². The Hall–Kier alpha value is -1.60. The summed E-state index contributed by atoms with van der Waals surface area (Å²) in [6.07, 6.45) is 4.18. The van der Waals surface area contributed by atoms with E-state index >= 15 is 0 Å². The maximum Gasteiger partial charge on any atom is 0.129 e. The van der Waals surface area contributed by atoms with Crippen LogP contribution in [-0.4, -0.2) is 24.6 Å². The van der Waals surface area contributed by atoms with Gasteiger partial charge in [-0.2, -0.15) is 5.26 Å². The summed E-state index contributed by atoms with van der Waals surface area (Å²) in [6.45, 7) is 0.639. The zero-order chi connectivity index (χ0) is 11.5. The average Bonchev–Trinajstić information content (AvgIpc) is 3.14. The van der Waals surface area contributed by atoms with Crippen molar-refractivity contribution >= 4 is 5.82 Å². The minimum absolute atomic E-state index is 0.349. The van der Waals surface area contributed by atoms with Gasteiger partial charge in [0.1, 0.15) is 5.82 Å². The maximum atomic E-state index is 8.84. The molecule has 0 aliphatic heterocycles. The third-order valence-corrected chi connectivity index (χ3v) is 3.14. The second-order valence-corrected chi connectivity index (χ2v) is 4.27. The number of hydrogen-bond acceptors (Lipinski definition) is 4. The number of nitriles is 1. The summed E-state index contributed by atoms with van der Waals surface area (Å²) in [5, 5.41) is 8.84. The van der Waals surface area contributed by atoms with E-state index in [0.717, 1.165) is 5.82 Å². The molecule has 16 heavy (non-hydrogen) atoms. The van der Waals surface area contributed by atoms with Crippen LogP contribution in [0.5, 0.6) is 0 Å². The highest BCUT2D eigenvalue weighted by Gasteiger charge is 2.33. The minimum atomic E-state index is 0.349. The van der Waals surface area contributed by atoms with Crippen LogP contribution >= 0.6 is 0 Å². The van der Waals surface area contributed by atoms with Gasteiger partial charge in [0.15, 0.2) is 0 Å². The Morgan fingerprint density at radius 1 is 1.69 bits per heavy atom. The lowest BCUT2D eigenvalue weighted by atomic mass is 10.1. The molecule has 1 aromatic rings. The summed E-state index contributed by atoms with van der Waals surface area (Å²) in [6, 6.07) is 6.00. The van der Waals surface area contributed by atoms with Gasteiger partial charge in [-0.25, -0.2) is 4.98 Å². The second-order valence-electron chi connectivity index (χ2n) is 4.27. The molecule has 84 valence electrons. The van der Waals surface area contributed by atoms with E-state index in [-0.39, 0.29) is 0 Å². The normalized spacial score (nSPS) is 16.6. The number of anilines is 1. The monoisotopic (exact) mass is 216 g/mol. The highest BCUT2D eigenvalue weighted by molar-refractivity contribution is 5.45. The zero-order valence-electron chi connectivity index (χ0n) is 9.43. The molecule has 1 aromatic heterocycles. The van der Waals surface area contributed by atoms with E-state index in [1.165, 1.54) is 12.8 Å². The molecular formula is C12H16N4. The first kappa shape index (κ1) is 10.9. The van der Waals surface area contributed by atoms with Gasteiger partial charge in [-0.1, -0.05) is 0 Å². The van der Waals surface area contributed by atoms with Crippen molar-refractivity contribution in [3.8, 4) is 6.07 Å². The molecule has 1 fully saturated rings. The topological polar surface area (TPSA) is 65.9 Å². The van der Waals surface area contributed by atoms with Crippen LogP contribution < -0.4 is 10.6 Å². The molecule has 2 N–H and O–H groups in total. The molecule has 0 bridgehead atoms. The smallest absolute Gasteiger partial charge is 0.129 e. The number of aromatic nitrogens is 1. The molecule has 0 amide bonds. The van der Waals surface area contributed by atoms with Crippen LogP contribution in [0.1, 0.15) is 18.4 Å². The van der Waals surface area contributed by atoms with Crippen LogP contribution in [0.15, 0.2) is 18.3 Å². The first-order chi connectivity index (χ1) is 7.76. The van der Waals surface area contributed by atoms with Gasteiger partial charge in [0.25, 0.3) is 0 Å². The van der Waals surface area contributed by atoms with E-state index in [4.69, 9.17) is 11.0 Å². The molecule has 1 aliphatic carbocycles. The van der Waals surface area contributed by atoms with Crippen LogP contribution in [0.3, 0.4) is 0 Å². The van der Waals surface area contributed by atoms with Crippen molar-refractivity contribution < 1.29 is 0 Å². The van der Waals surface area contributed by atoms with E-state index < -0.39 is 0 Å². The van der Waals surface area contributed by atoms with Gasteiger partial charge in [-0.05, 0) is 30.9 Å². The molecule has 0 radical (unpaired) electrons. The lowest BCUT2D eigenvalue weighted by Crippen LogP contribution is -2.40. The number of nitrogens with zero attached hydrogens (tertiary/aromatic N) is 3. The molecule has 1 unspecified atom stereocenters. The van der Waals surface area contributed by atoms with Crippen molar-refractivity contribution in [2.45, 2.75) is 18.9 Å². The predicted octanol–water partition coefficient (Wildman–Crippen LogP) is 1.13. The van der Waals surface area contributed by atoms with Gasteiger partial charge >= 0.3 is 0 Å². The van der Waals surface area contributed by atoms with Crippen LogP contribution in [0.2, 0.25) is 0 Å². The molecule has 1 atom stereocenters. The second kappa shape index (κ2) is 4.50. The molecule has 2 rings (SSSR count). The van der Waals surface area contributed by atoms with E-state index in [1.54, 1.807) is 12.3 Å². The van der Waals surface area contributed by atoms with Crippen LogP contribution in [0.4, 0.5) is 5.82 Å².